The molecule has 11 heteroatoms. The SMILES string of the molecule is Nc1cc(-c2ccncc2CC(=O)c2cccc(-c3nccs3)n2)nc(C(F)(F)F)n1. The summed E-state index contributed by atoms with van der Waals surface area (Å²) in [7, 11) is 0. The van der Waals surface area contributed by atoms with Crippen molar-refractivity contribution in [3.8, 4) is 22.0 Å². The van der Waals surface area contributed by atoms with E-state index in [0.717, 1.165) is 0 Å². The van der Waals surface area contributed by atoms with E-state index in [1.165, 1.54) is 35.9 Å². The van der Waals surface area contributed by atoms with Gasteiger partial charge in [0.15, 0.2) is 5.78 Å². The Morgan fingerprint density at radius 1 is 1.06 bits per heavy atom. The average molecular weight is 442 g/mol. The number of hydrogen-bond donors (Lipinski definition) is 1. The third-order valence-corrected chi connectivity index (χ3v) is 5.01. The molecule has 0 fully saturated rings. The first-order chi connectivity index (χ1) is 14.8. The molecular formula is C20H13F3N6OS. The molecule has 4 rings (SSSR count). The lowest BCUT2D eigenvalue weighted by molar-refractivity contribution is -0.144. The lowest BCUT2D eigenvalue weighted by Crippen LogP contribution is -2.13. The Hall–Kier alpha value is -3.73. The number of pyridine rings is 2. The number of alkyl halides is 3. The molecule has 0 spiro atoms. The molecule has 0 aliphatic carbocycles. The molecule has 4 aromatic rings. The van der Waals surface area contributed by atoms with Crippen molar-refractivity contribution >= 4 is 22.9 Å². The van der Waals surface area contributed by atoms with Gasteiger partial charge in [0.1, 0.15) is 16.5 Å². The van der Waals surface area contributed by atoms with Crippen LogP contribution in [0.15, 0.2) is 54.3 Å². The second kappa shape index (κ2) is 8.19. The zero-order valence-corrected chi connectivity index (χ0v) is 16.5. The molecule has 156 valence electrons. The first-order valence-electron chi connectivity index (χ1n) is 8.86. The van der Waals surface area contributed by atoms with E-state index < -0.39 is 12.0 Å². The van der Waals surface area contributed by atoms with Crippen LogP contribution in [0.3, 0.4) is 0 Å². The van der Waals surface area contributed by atoms with Crippen LogP contribution >= 0.6 is 11.3 Å². The number of carbonyl (C=O) groups excluding carboxylic acids is 1. The molecule has 31 heavy (non-hydrogen) atoms. The van der Waals surface area contributed by atoms with Gasteiger partial charge in [0.05, 0.1) is 11.4 Å². The maximum atomic E-state index is 13.1. The van der Waals surface area contributed by atoms with E-state index in [0.29, 0.717) is 21.8 Å². The van der Waals surface area contributed by atoms with Crippen molar-refractivity contribution in [2.45, 2.75) is 12.6 Å². The van der Waals surface area contributed by atoms with Crippen LogP contribution in [0.25, 0.3) is 22.0 Å². The Bertz CT molecular complexity index is 1240. The Morgan fingerprint density at radius 3 is 2.65 bits per heavy atom. The molecular weight excluding hydrogens is 429 g/mol. The van der Waals surface area contributed by atoms with Gasteiger partial charge in [-0.3, -0.25) is 9.78 Å². The van der Waals surface area contributed by atoms with Gasteiger partial charge < -0.3 is 5.73 Å². The van der Waals surface area contributed by atoms with Crippen LogP contribution in [0.4, 0.5) is 19.0 Å². The number of aromatic nitrogens is 5. The van der Waals surface area contributed by atoms with Gasteiger partial charge in [0, 0.05) is 42.0 Å². The monoisotopic (exact) mass is 442 g/mol. The number of nitrogen functional groups attached to an aromatic ring is 1. The third-order valence-electron chi connectivity index (χ3n) is 4.22. The van der Waals surface area contributed by atoms with Gasteiger partial charge >= 0.3 is 6.18 Å². The zero-order valence-electron chi connectivity index (χ0n) is 15.7. The second-order valence-corrected chi connectivity index (χ2v) is 7.27. The summed E-state index contributed by atoms with van der Waals surface area (Å²) in [6.45, 7) is 0. The number of Topliss-reactive ketones (excluding diaryl/α,β-unsaturated/α-hetero) is 1. The molecule has 0 aliphatic rings. The number of halogens is 3. The highest BCUT2D eigenvalue weighted by Gasteiger charge is 2.35. The quantitative estimate of drug-likeness (QED) is 0.464. The Morgan fingerprint density at radius 2 is 1.90 bits per heavy atom. The molecule has 0 unspecified atom stereocenters. The number of ketones is 1. The summed E-state index contributed by atoms with van der Waals surface area (Å²) in [4.78, 5) is 32.2. The van der Waals surface area contributed by atoms with Crippen LogP contribution in [-0.4, -0.2) is 30.7 Å². The number of thiazole rings is 1. The number of carbonyl (C=O) groups is 1. The van der Waals surface area contributed by atoms with E-state index >= 15 is 0 Å². The maximum absolute atomic E-state index is 13.1. The molecule has 4 heterocycles. The van der Waals surface area contributed by atoms with Crippen molar-refractivity contribution < 1.29 is 18.0 Å². The topological polar surface area (TPSA) is 108 Å². The van der Waals surface area contributed by atoms with Crippen LogP contribution in [-0.2, 0) is 12.6 Å². The van der Waals surface area contributed by atoms with Gasteiger partial charge in [-0.1, -0.05) is 6.07 Å². The van der Waals surface area contributed by atoms with E-state index in [1.54, 1.807) is 29.8 Å². The number of nitrogens with zero attached hydrogens (tertiary/aromatic N) is 5. The van der Waals surface area contributed by atoms with Gasteiger partial charge in [0.25, 0.3) is 0 Å². The van der Waals surface area contributed by atoms with Crippen molar-refractivity contribution in [1.29, 1.82) is 0 Å². The first kappa shape index (κ1) is 20.5. The van der Waals surface area contributed by atoms with Crippen molar-refractivity contribution in [1.82, 2.24) is 24.9 Å². The summed E-state index contributed by atoms with van der Waals surface area (Å²) in [5.41, 5.74) is 6.97. The van der Waals surface area contributed by atoms with E-state index in [-0.39, 0.29) is 29.4 Å². The molecule has 0 atom stereocenters. The number of anilines is 1. The fraction of sp³-hybridized carbons (Fsp3) is 0.100. The van der Waals surface area contributed by atoms with Gasteiger partial charge in [-0.25, -0.2) is 19.9 Å². The smallest absolute Gasteiger partial charge is 0.384 e. The minimum absolute atomic E-state index is 0.0467. The van der Waals surface area contributed by atoms with E-state index in [2.05, 4.69) is 24.9 Å². The fourth-order valence-electron chi connectivity index (χ4n) is 2.87. The summed E-state index contributed by atoms with van der Waals surface area (Å²) in [6, 6.07) is 7.71. The summed E-state index contributed by atoms with van der Waals surface area (Å²) < 4.78 is 39.3. The lowest BCUT2D eigenvalue weighted by Gasteiger charge is -2.11. The average Bonchev–Trinajstić information content (AvgIpc) is 3.28. The Kier molecular flexibility index (Phi) is 5.42. The van der Waals surface area contributed by atoms with Gasteiger partial charge in [-0.15, -0.1) is 11.3 Å². The highest BCUT2D eigenvalue weighted by atomic mass is 32.1. The van der Waals surface area contributed by atoms with Gasteiger partial charge in [-0.05, 0) is 23.8 Å². The number of hydrogen-bond acceptors (Lipinski definition) is 8. The maximum Gasteiger partial charge on any atom is 0.451 e. The van der Waals surface area contributed by atoms with Crippen LogP contribution < -0.4 is 5.73 Å². The fourth-order valence-corrected chi connectivity index (χ4v) is 3.48. The highest BCUT2D eigenvalue weighted by molar-refractivity contribution is 7.13. The summed E-state index contributed by atoms with van der Waals surface area (Å²) in [5, 5.41) is 2.48. The summed E-state index contributed by atoms with van der Waals surface area (Å²) >= 11 is 1.39. The molecule has 0 saturated heterocycles. The molecule has 7 nitrogen and oxygen atoms in total. The van der Waals surface area contributed by atoms with Gasteiger partial charge in [-0.2, -0.15) is 13.2 Å². The molecule has 4 aromatic heterocycles. The standard InChI is InChI=1S/C20H13F3N6OS/c21-20(22,23)19-28-15(9-17(24)29-19)12-4-5-25-10-11(12)8-16(30)13-2-1-3-14(27-13)18-26-6-7-31-18/h1-7,9-10H,8H2,(H2,24,28,29). The van der Waals surface area contributed by atoms with E-state index in [9.17, 15) is 18.0 Å². The summed E-state index contributed by atoms with van der Waals surface area (Å²) in [6.07, 6.45) is -0.448. The molecule has 0 saturated carbocycles. The van der Waals surface area contributed by atoms with Gasteiger partial charge in [0.2, 0.25) is 5.82 Å². The normalized spacial score (nSPS) is 11.5. The number of rotatable bonds is 5. The Balaban J connectivity index is 1.67. The predicted octanol–water partition coefficient (Wildman–Crippen LogP) is 4.08. The molecule has 2 N–H and O–H groups in total. The minimum atomic E-state index is -4.76. The predicted molar refractivity (Wildman–Crippen MR) is 108 cm³/mol. The zero-order chi connectivity index (χ0) is 22.0. The molecule has 0 amide bonds. The van der Waals surface area contributed by atoms with E-state index in [1.807, 2.05) is 0 Å². The Labute approximate surface area is 177 Å². The lowest BCUT2D eigenvalue weighted by atomic mass is 10.0. The van der Waals surface area contributed by atoms with Crippen LogP contribution in [0.5, 0.6) is 0 Å². The number of nitrogens with two attached hydrogens (primary N) is 1. The van der Waals surface area contributed by atoms with Crippen LogP contribution in [0.1, 0.15) is 21.9 Å². The van der Waals surface area contributed by atoms with Crippen LogP contribution in [0, 0.1) is 0 Å². The first-order valence-corrected chi connectivity index (χ1v) is 9.74. The van der Waals surface area contributed by atoms with E-state index in [4.69, 9.17) is 5.73 Å². The van der Waals surface area contributed by atoms with Crippen molar-refractivity contribution in [3.05, 3.63) is 71.4 Å². The largest absolute Gasteiger partial charge is 0.451 e. The summed E-state index contributed by atoms with van der Waals surface area (Å²) in [5.74, 6) is -2.01. The highest BCUT2D eigenvalue weighted by Crippen LogP contribution is 2.30. The molecule has 0 aromatic carbocycles. The molecule has 0 radical (unpaired) electrons. The van der Waals surface area contributed by atoms with Crippen molar-refractivity contribution in [2.75, 3.05) is 5.73 Å². The van der Waals surface area contributed by atoms with Crippen LogP contribution in [0.2, 0.25) is 0 Å². The van der Waals surface area contributed by atoms with Crippen molar-refractivity contribution in [3.63, 3.8) is 0 Å². The van der Waals surface area contributed by atoms with Crippen molar-refractivity contribution in [2.24, 2.45) is 0 Å². The second-order valence-electron chi connectivity index (χ2n) is 6.38. The molecule has 0 aliphatic heterocycles. The third kappa shape index (κ3) is 4.56. The minimum Gasteiger partial charge on any atom is -0.384 e. The molecule has 0 bridgehead atoms.